The summed E-state index contributed by atoms with van der Waals surface area (Å²) in [6.45, 7) is 7.26. The molecule has 26 N–H and O–H groups in total. The van der Waals surface area contributed by atoms with Crippen LogP contribution in [-0.4, -0.2) is 209 Å². The van der Waals surface area contributed by atoms with Gasteiger partial charge in [0.15, 0.2) is 11.9 Å². The molecule has 34 heteroatoms. The van der Waals surface area contributed by atoms with E-state index in [2.05, 4.69) is 52.5 Å². The summed E-state index contributed by atoms with van der Waals surface area (Å²) in [5, 5.41) is 40.3. The second-order valence-electron chi connectivity index (χ2n) is 24.5. The van der Waals surface area contributed by atoms with Gasteiger partial charge in [0.25, 0.3) is 0 Å². The number of aliphatic imine (C=N–C) groups is 2. The number of unbranched alkanes of at least 4 members (excludes halogenated alkanes) is 2. The molecule has 0 unspecified atom stereocenters. The quantitative estimate of drug-likeness (QED) is 0.0166. The predicted octanol–water partition coefficient (Wildman–Crippen LogP) is -4.83. The van der Waals surface area contributed by atoms with Gasteiger partial charge < -0.3 is 108 Å². The Kier molecular flexibility index (Phi) is 35.3. The summed E-state index contributed by atoms with van der Waals surface area (Å²) in [5.74, 6) is -11.2. The minimum absolute atomic E-state index is 0.00896. The van der Waals surface area contributed by atoms with Gasteiger partial charge in [0.1, 0.15) is 60.1 Å². The second kappa shape index (κ2) is 41.7. The summed E-state index contributed by atoms with van der Waals surface area (Å²) in [5.41, 5.74) is 46.1. The van der Waals surface area contributed by atoms with Crippen LogP contribution in [0.4, 0.5) is 0 Å². The molecule has 0 spiro atoms. The number of aliphatic carboxylic acids is 1. The van der Waals surface area contributed by atoms with E-state index in [4.69, 9.17) is 45.9 Å². The molecule has 11 atom stereocenters. The van der Waals surface area contributed by atoms with Crippen LogP contribution in [0.1, 0.15) is 142 Å². The predicted molar refractivity (Wildman–Crippen MR) is 352 cm³/mol. The number of carboxylic acids is 1. The number of nitrogens with one attached hydrogen (secondary N) is 8. The highest BCUT2D eigenvalue weighted by Gasteiger charge is 2.42. The number of carbonyl (C=O) groups excluding carboxylic acids is 11. The number of aromatic hydroxyl groups is 1. The van der Waals surface area contributed by atoms with Gasteiger partial charge in [-0.25, -0.2) is 0 Å². The van der Waals surface area contributed by atoms with Crippen LogP contribution < -0.4 is 88.4 Å². The lowest BCUT2D eigenvalue weighted by molar-refractivity contribution is -0.142. The first kappa shape index (κ1) is 80.3. The number of nitrogens with two attached hydrogens (primary N) is 8. The van der Waals surface area contributed by atoms with Gasteiger partial charge in [0.2, 0.25) is 65.0 Å². The van der Waals surface area contributed by atoms with Crippen molar-refractivity contribution in [2.45, 2.75) is 204 Å². The number of amides is 11. The molecule has 2 heterocycles. The van der Waals surface area contributed by atoms with E-state index in [0.29, 0.717) is 57.1 Å². The van der Waals surface area contributed by atoms with Gasteiger partial charge in [0.05, 0.1) is 19.0 Å². The summed E-state index contributed by atoms with van der Waals surface area (Å²) in [6.07, 6.45) is 3.01. The topological polar surface area (TPSA) is 581 Å². The van der Waals surface area contributed by atoms with Gasteiger partial charge in [-0.3, -0.25) is 67.5 Å². The van der Waals surface area contributed by atoms with Gasteiger partial charge in [-0.05, 0) is 145 Å². The third-order valence-electron chi connectivity index (χ3n) is 16.3. The molecular formula is C61H104N20O14. The summed E-state index contributed by atoms with van der Waals surface area (Å²) < 4.78 is 0. The molecule has 1 aromatic carbocycles. The molecule has 34 nitrogen and oxygen atoms in total. The Labute approximate surface area is 553 Å². The smallest absolute Gasteiger partial charge is 0.305 e. The van der Waals surface area contributed by atoms with Crippen LogP contribution in [0.25, 0.3) is 0 Å². The third kappa shape index (κ3) is 28.3. The first-order valence-corrected chi connectivity index (χ1v) is 32.6. The van der Waals surface area contributed by atoms with Crippen LogP contribution in [0.2, 0.25) is 0 Å². The molecule has 0 radical (unpaired) electrons. The number of rotatable bonds is 43. The number of primary amides is 1. The fraction of sp³-hybridized carbons (Fsp3) is 0.672. The fourth-order valence-electron chi connectivity index (χ4n) is 10.9. The monoisotopic (exact) mass is 1340 g/mol. The number of guanidine groups is 2. The van der Waals surface area contributed by atoms with E-state index in [1.54, 1.807) is 27.7 Å². The van der Waals surface area contributed by atoms with Gasteiger partial charge in [0, 0.05) is 26.2 Å². The number of phenolic OH excluding ortho intramolecular Hbond substituents is 1. The number of carboxylic acid groups (broad SMARTS) is 1. The first-order chi connectivity index (χ1) is 45.0. The van der Waals surface area contributed by atoms with E-state index in [0.717, 1.165) is 0 Å². The van der Waals surface area contributed by atoms with Gasteiger partial charge >= 0.3 is 5.97 Å². The van der Waals surface area contributed by atoms with Crippen LogP contribution in [0.3, 0.4) is 0 Å². The van der Waals surface area contributed by atoms with E-state index in [1.165, 1.54) is 34.1 Å². The number of likely N-dealkylation sites (tertiary alicyclic amines) is 2. The zero-order valence-corrected chi connectivity index (χ0v) is 55.1. The Morgan fingerprint density at radius 2 is 1.04 bits per heavy atom. The maximum Gasteiger partial charge on any atom is 0.305 e. The number of hydrogen-bond acceptors (Lipinski definition) is 18. The highest BCUT2D eigenvalue weighted by Crippen LogP contribution is 2.23. The second-order valence-corrected chi connectivity index (χ2v) is 24.5. The molecule has 11 amide bonds. The van der Waals surface area contributed by atoms with Crippen molar-refractivity contribution in [3.63, 3.8) is 0 Å². The van der Waals surface area contributed by atoms with Crippen molar-refractivity contribution >= 4 is 82.9 Å². The Morgan fingerprint density at radius 1 is 0.568 bits per heavy atom. The molecule has 3 rings (SSSR count). The molecule has 2 saturated heterocycles. The molecule has 2 aliphatic heterocycles. The van der Waals surface area contributed by atoms with Crippen molar-refractivity contribution in [3.8, 4) is 5.75 Å². The minimum atomic E-state index is -1.64. The molecule has 2 aliphatic rings. The molecule has 532 valence electrons. The largest absolute Gasteiger partial charge is 0.508 e. The maximum atomic E-state index is 14.7. The number of nitrogens with zero attached hydrogens (tertiary/aromatic N) is 4. The molecule has 0 aliphatic carbocycles. The van der Waals surface area contributed by atoms with Crippen molar-refractivity contribution in [1.82, 2.24) is 52.3 Å². The van der Waals surface area contributed by atoms with Crippen LogP contribution >= 0.6 is 0 Å². The summed E-state index contributed by atoms with van der Waals surface area (Å²) in [4.78, 5) is 175. The van der Waals surface area contributed by atoms with E-state index in [9.17, 15) is 67.7 Å². The molecule has 0 aromatic heterocycles. The van der Waals surface area contributed by atoms with Gasteiger partial charge in [-0.2, -0.15) is 0 Å². The summed E-state index contributed by atoms with van der Waals surface area (Å²) in [6, 6.07) is -6.76. The van der Waals surface area contributed by atoms with Crippen LogP contribution in [-0.2, 0) is 64.0 Å². The van der Waals surface area contributed by atoms with Crippen molar-refractivity contribution in [3.05, 3.63) is 29.8 Å². The fourth-order valence-corrected chi connectivity index (χ4v) is 10.9. The minimum Gasteiger partial charge on any atom is -0.508 e. The lowest BCUT2D eigenvalue weighted by Crippen LogP contribution is -2.61. The van der Waals surface area contributed by atoms with E-state index < -0.39 is 150 Å². The first-order valence-electron chi connectivity index (χ1n) is 32.6. The van der Waals surface area contributed by atoms with Crippen molar-refractivity contribution in [1.29, 1.82) is 0 Å². The number of hydrogen-bond donors (Lipinski definition) is 18. The normalized spacial score (nSPS) is 17.2. The average molecular weight is 1340 g/mol. The maximum absolute atomic E-state index is 14.7. The number of phenols is 1. The van der Waals surface area contributed by atoms with Crippen LogP contribution in [0.15, 0.2) is 34.3 Å². The number of carbonyl (C=O) groups is 12. The third-order valence-corrected chi connectivity index (χ3v) is 16.3. The molecule has 95 heavy (non-hydrogen) atoms. The Balaban J connectivity index is 1.86. The Hall–Kier alpha value is -8.92. The highest BCUT2D eigenvalue weighted by atomic mass is 16.4. The van der Waals surface area contributed by atoms with Gasteiger partial charge in [-0.15, -0.1) is 0 Å². The Morgan fingerprint density at radius 3 is 1.56 bits per heavy atom. The van der Waals surface area contributed by atoms with Crippen molar-refractivity contribution < 1.29 is 67.7 Å². The Bertz CT molecular complexity index is 2800. The van der Waals surface area contributed by atoms with E-state index >= 15 is 0 Å². The van der Waals surface area contributed by atoms with Crippen LogP contribution in [0, 0.1) is 11.8 Å². The highest BCUT2D eigenvalue weighted by molar-refractivity contribution is 5.99. The average Bonchev–Trinajstić information content (AvgIpc) is 1.77. The zero-order chi connectivity index (χ0) is 70.9. The standard InChI is InChI=1S/C61H104N20O14/c1-5-35(4)49(58(94)76-42(17-11-27-71-61(68)69)59(95)81-29-13-19-46(81)57(93)73-39(50(65)86)14-6-8-24-62)79-54(90)41(16-10-26-70-60(66)67)74-53(89)40(15-7-9-25-63)75-55(91)43(30-34(2)3)78-56(92)45-18-12-28-80(45)47(83)33-72-52(88)44(32-48(84)85)77-51(87)38(64)31-36-20-22-37(82)23-21-36/h20-23,34-35,38-46,49,82H,5-19,24-33,62-64H2,1-4H3,(H2,65,86)(H,72,88)(H,73,93)(H,74,89)(H,75,91)(H,76,94)(H,77,87)(H,78,92)(H,79,90)(H,84,85)(H4,66,67,70)(H4,68,69,71)/t35-,38-,39-,40-,41-,42-,43-,44-,45-,46-,49-/m0/s1. The molecule has 0 saturated carbocycles. The summed E-state index contributed by atoms with van der Waals surface area (Å²) >= 11 is 0. The lowest BCUT2D eigenvalue weighted by Gasteiger charge is -2.32. The molecular weight excluding hydrogens is 1240 g/mol. The van der Waals surface area contributed by atoms with Crippen LogP contribution in [0.5, 0.6) is 5.75 Å². The zero-order valence-electron chi connectivity index (χ0n) is 55.1. The van der Waals surface area contributed by atoms with Gasteiger partial charge in [-0.1, -0.05) is 46.2 Å². The van der Waals surface area contributed by atoms with Crippen molar-refractivity contribution in [2.75, 3.05) is 45.8 Å². The van der Waals surface area contributed by atoms with E-state index in [-0.39, 0.29) is 121 Å². The number of benzene rings is 1. The van der Waals surface area contributed by atoms with Crippen molar-refractivity contribution in [2.24, 2.45) is 67.7 Å². The van der Waals surface area contributed by atoms with E-state index in [1.807, 2.05) is 0 Å². The molecule has 1 aromatic rings. The summed E-state index contributed by atoms with van der Waals surface area (Å²) in [7, 11) is 0. The molecule has 0 bridgehead atoms. The lowest BCUT2D eigenvalue weighted by atomic mass is 9.96. The SMILES string of the molecule is CC[C@H](C)[C@H](NC(=O)[C@H](CCCN=C(N)N)NC(=O)[C@H](CCCCN)NC(=O)[C@H](CC(C)C)NC(=O)[C@@H]1CCCN1C(=O)CNC(=O)[C@H](CC(=O)O)NC(=O)[C@@H](N)Cc1ccc(O)cc1)C(=O)N[C@@H](CCCN=C(N)N)C(=O)N1CCC[C@H]1C(=O)N[C@@H](CCCCN)C(N)=O. The molecule has 2 fully saturated rings.